The van der Waals surface area contributed by atoms with E-state index in [-0.39, 0.29) is 0 Å². The normalized spacial score (nSPS) is 37.4. The van der Waals surface area contributed by atoms with Crippen molar-refractivity contribution in [3.63, 3.8) is 0 Å². The Labute approximate surface area is 69.5 Å². The SMILES string of the molecule is CC1(C)[C@@H](C(=O)O)[C@]1(C)[N+](=O)[O-]. The molecule has 0 aromatic rings. The largest absolute Gasteiger partial charge is 0.481 e. The van der Waals surface area contributed by atoms with Gasteiger partial charge in [0, 0.05) is 11.8 Å². The van der Waals surface area contributed by atoms with E-state index in [4.69, 9.17) is 5.11 Å². The van der Waals surface area contributed by atoms with Gasteiger partial charge in [-0.3, -0.25) is 14.9 Å². The first kappa shape index (κ1) is 8.96. The van der Waals surface area contributed by atoms with Crippen molar-refractivity contribution in [3.8, 4) is 0 Å². The number of nitrogens with zero attached hydrogens (tertiary/aromatic N) is 1. The smallest absolute Gasteiger partial charge is 0.314 e. The molecular weight excluding hydrogens is 162 g/mol. The van der Waals surface area contributed by atoms with Crippen LogP contribution < -0.4 is 0 Å². The van der Waals surface area contributed by atoms with E-state index in [1.54, 1.807) is 13.8 Å². The van der Waals surface area contributed by atoms with Crippen LogP contribution in [0.1, 0.15) is 20.8 Å². The first-order valence-corrected chi connectivity index (χ1v) is 3.63. The van der Waals surface area contributed by atoms with Crippen molar-refractivity contribution in [3.05, 3.63) is 10.1 Å². The zero-order valence-corrected chi connectivity index (χ0v) is 7.20. The predicted octanol–water partition coefficient (Wildman–Crippen LogP) is 0.762. The van der Waals surface area contributed by atoms with Crippen LogP contribution in [0.15, 0.2) is 0 Å². The highest BCUT2D eigenvalue weighted by atomic mass is 16.6. The minimum absolute atomic E-state index is 0.494. The van der Waals surface area contributed by atoms with E-state index in [9.17, 15) is 14.9 Å². The molecule has 0 aromatic heterocycles. The molecule has 0 aliphatic heterocycles. The van der Waals surface area contributed by atoms with Crippen LogP contribution in [0.25, 0.3) is 0 Å². The average Bonchev–Trinajstić information content (AvgIpc) is 2.28. The summed E-state index contributed by atoms with van der Waals surface area (Å²) in [5.74, 6) is -1.95. The Morgan fingerprint density at radius 1 is 1.50 bits per heavy atom. The topological polar surface area (TPSA) is 80.4 Å². The molecule has 0 spiro atoms. The molecule has 0 bridgehead atoms. The van der Waals surface area contributed by atoms with E-state index in [1.807, 2.05) is 0 Å². The number of nitro groups is 1. The molecule has 0 saturated heterocycles. The molecule has 0 unspecified atom stereocenters. The maximum Gasteiger partial charge on any atom is 0.314 e. The molecule has 5 heteroatoms. The van der Waals surface area contributed by atoms with Gasteiger partial charge in [-0.05, 0) is 0 Å². The van der Waals surface area contributed by atoms with Gasteiger partial charge in [0.25, 0.3) is 0 Å². The maximum absolute atomic E-state index is 10.6. The molecule has 5 nitrogen and oxygen atoms in total. The Kier molecular flexibility index (Phi) is 1.47. The second kappa shape index (κ2) is 1.97. The third kappa shape index (κ3) is 0.707. The van der Waals surface area contributed by atoms with Crippen molar-refractivity contribution in [1.29, 1.82) is 0 Å². The van der Waals surface area contributed by atoms with Crippen molar-refractivity contribution >= 4 is 5.97 Å². The van der Waals surface area contributed by atoms with Crippen LogP contribution in [0, 0.1) is 21.4 Å². The number of carboxylic acid groups (broad SMARTS) is 1. The van der Waals surface area contributed by atoms with Crippen LogP contribution in [-0.4, -0.2) is 21.5 Å². The molecule has 68 valence electrons. The van der Waals surface area contributed by atoms with Crippen LogP contribution in [0.5, 0.6) is 0 Å². The second-order valence-corrected chi connectivity index (χ2v) is 3.90. The number of hydrogen-bond acceptors (Lipinski definition) is 3. The minimum Gasteiger partial charge on any atom is -0.481 e. The molecule has 2 atom stereocenters. The van der Waals surface area contributed by atoms with E-state index in [1.165, 1.54) is 6.92 Å². The molecule has 1 rings (SSSR count). The minimum atomic E-state index is -1.29. The van der Waals surface area contributed by atoms with Gasteiger partial charge in [-0.1, -0.05) is 13.8 Å². The molecule has 0 radical (unpaired) electrons. The number of rotatable bonds is 2. The van der Waals surface area contributed by atoms with E-state index < -0.39 is 27.8 Å². The molecule has 1 aliphatic carbocycles. The lowest BCUT2D eigenvalue weighted by Gasteiger charge is -2.03. The molecule has 0 heterocycles. The van der Waals surface area contributed by atoms with Crippen LogP contribution in [0.4, 0.5) is 0 Å². The van der Waals surface area contributed by atoms with Crippen LogP contribution in [0.2, 0.25) is 0 Å². The molecule has 12 heavy (non-hydrogen) atoms. The predicted molar refractivity (Wildman–Crippen MR) is 40.3 cm³/mol. The molecule has 1 saturated carbocycles. The van der Waals surface area contributed by atoms with Crippen molar-refractivity contribution in [1.82, 2.24) is 0 Å². The quantitative estimate of drug-likeness (QED) is 0.493. The zero-order valence-electron chi connectivity index (χ0n) is 7.20. The van der Waals surface area contributed by atoms with Crippen molar-refractivity contribution in [2.75, 3.05) is 0 Å². The third-order valence-electron chi connectivity index (χ3n) is 3.13. The van der Waals surface area contributed by atoms with Gasteiger partial charge in [0.1, 0.15) is 5.92 Å². The van der Waals surface area contributed by atoms with Gasteiger partial charge in [0.05, 0.1) is 5.41 Å². The van der Waals surface area contributed by atoms with Crippen LogP contribution in [-0.2, 0) is 4.79 Å². The monoisotopic (exact) mass is 173 g/mol. The van der Waals surface area contributed by atoms with E-state index in [0.29, 0.717) is 0 Å². The van der Waals surface area contributed by atoms with Crippen molar-refractivity contribution < 1.29 is 14.8 Å². The Morgan fingerprint density at radius 3 is 2.00 bits per heavy atom. The van der Waals surface area contributed by atoms with Gasteiger partial charge in [0.2, 0.25) is 5.54 Å². The second-order valence-electron chi connectivity index (χ2n) is 3.90. The first-order valence-electron chi connectivity index (χ1n) is 3.63. The lowest BCUT2D eigenvalue weighted by atomic mass is 10.1. The molecule has 1 fully saturated rings. The highest BCUT2D eigenvalue weighted by molar-refractivity contribution is 5.77. The van der Waals surface area contributed by atoms with E-state index in [2.05, 4.69) is 0 Å². The van der Waals surface area contributed by atoms with Crippen LogP contribution >= 0.6 is 0 Å². The Bertz CT molecular complexity index is 260. The van der Waals surface area contributed by atoms with Gasteiger partial charge in [-0.15, -0.1) is 0 Å². The third-order valence-corrected chi connectivity index (χ3v) is 3.13. The highest BCUT2D eigenvalue weighted by Gasteiger charge is 2.82. The van der Waals surface area contributed by atoms with Crippen LogP contribution in [0.3, 0.4) is 0 Å². The summed E-state index contributed by atoms with van der Waals surface area (Å²) >= 11 is 0. The van der Waals surface area contributed by atoms with Gasteiger partial charge in [-0.2, -0.15) is 0 Å². The van der Waals surface area contributed by atoms with Crippen molar-refractivity contribution in [2.24, 2.45) is 11.3 Å². The number of hydrogen-bond donors (Lipinski definition) is 1. The van der Waals surface area contributed by atoms with E-state index >= 15 is 0 Å². The molecule has 0 aromatic carbocycles. The summed E-state index contributed by atoms with van der Waals surface area (Å²) in [6, 6.07) is 0. The summed E-state index contributed by atoms with van der Waals surface area (Å²) in [6.07, 6.45) is 0. The van der Waals surface area contributed by atoms with Gasteiger partial charge in [0.15, 0.2) is 0 Å². The fourth-order valence-corrected chi connectivity index (χ4v) is 1.85. The van der Waals surface area contributed by atoms with Gasteiger partial charge >= 0.3 is 5.97 Å². The molecule has 1 N–H and O–H groups in total. The Morgan fingerprint density at radius 2 is 1.92 bits per heavy atom. The first-order chi connectivity index (χ1) is 5.26. The standard InChI is InChI=1S/C7H11NO4/c1-6(2)4(5(9)10)7(6,3)8(11)12/h4H,1-3H3,(H,9,10)/t4-,7+/m1/s1. The average molecular weight is 173 g/mol. The lowest BCUT2D eigenvalue weighted by Crippen LogP contribution is -2.25. The summed E-state index contributed by atoms with van der Waals surface area (Å²) < 4.78 is 0. The molecule has 1 aliphatic rings. The molecule has 0 amide bonds. The number of carbonyl (C=O) groups is 1. The van der Waals surface area contributed by atoms with E-state index in [0.717, 1.165) is 0 Å². The summed E-state index contributed by atoms with van der Waals surface area (Å²) in [5.41, 5.74) is -2.03. The Hall–Kier alpha value is -1.13. The Balaban J connectivity index is 2.99. The summed E-state index contributed by atoms with van der Waals surface area (Å²) in [7, 11) is 0. The highest BCUT2D eigenvalue weighted by Crippen LogP contribution is 2.63. The lowest BCUT2D eigenvalue weighted by molar-refractivity contribution is -0.544. The number of carboxylic acids is 1. The fraction of sp³-hybridized carbons (Fsp3) is 0.857. The maximum atomic E-state index is 10.6. The van der Waals surface area contributed by atoms with Gasteiger partial charge < -0.3 is 5.11 Å². The summed E-state index contributed by atoms with van der Waals surface area (Å²) in [5, 5.41) is 19.2. The van der Waals surface area contributed by atoms with Crippen molar-refractivity contribution in [2.45, 2.75) is 26.3 Å². The number of aliphatic carboxylic acids is 1. The fourth-order valence-electron chi connectivity index (χ4n) is 1.85. The zero-order chi connectivity index (χ0) is 9.73. The summed E-state index contributed by atoms with van der Waals surface area (Å²) in [4.78, 5) is 20.7. The summed E-state index contributed by atoms with van der Waals surface area (Å²) in [6.45, 7) is 4.59. The van der Waals surface area contributed by atoms with Gasteiger partial charge in [-0.25, -0.2) is 0 Å². The molecular formula is C7H11NO4.